The topological polar surface area (TPSA) is 77.2 Å². The van der Waals surface area contributed by atoms with Gasteiger partial charge in [-0.05, 0) is 18.6 Å². The van der Waals surface area contributed by atoms with Crippen LogP contribution in [0.2, 0.25) is 0 Å². The Morgan fingerprint density at radius 3 is 3.05 bits per heavy atom. The molecule has 0 aromatic carbocycles. The van der Waals surface area contributed by atoms with Crippen LogP contribution in [0, 0.1) is 11.8 Å². The quantitative estimate of drug-likeness (QED) is 0.757. The van der Waals surface area contributed by atoms with Crippen LogP contribution in [0.25, 0.3) is 0 Å². The van der Waals surface area contributed by atoms with E-state index in [1.54, 1.807) is 25.4 Å². The fraction of sp³-hybridized carbons (Fsp3) is 0.467. The molecule has 0 saturated carbocycles. The van der Waals surface area contributed by atoms with Gasteiger partial charge in [0, 0.05) is 13.3 Å². The van der Waals surface area contributed by atoms with Crippen molar-refractivity contribution >= 4 is 5.91 Å². The molecule has 0 saturated heterocycles. The standard InChI is InChI=1S/C15H21N3O2/c1-3-6-13(11-20-2)18-15(19)14-12(7-4-9-16)8-5-10-17-14/h5,8,10,13H,3,6,9,11,16H2,1-2H3,(H,18,19). The van der Waals surface area contributed by atoms with Gasteiger partial charge in [0.15, 0.2) is 0 Å². The number of ether oxygens (including phenoxy) is 1. The molecular weight excluding hydrogens is 254 g/mol. The highest BCUT2D eigenvalue weighted by Gasteiger charge is 2.16. The van der Waals surface area contributed by atoms with Crippen LogP contribution in [0.1, 0.15) is 35.8 Å². The van der Waals surface area contributed by atoms with Gasteiger partial charge < -0.3 is 15.8 Å². The summed E-state index contributed by atoms with van der Waals surface area (Å²) >= 11 is 0. The Morgan fingerprint density at radius 2 is 2.40 bits per heavy atom. The minimum atomic E-state index is -0.234. The van der Waals surface area contributed by atoms with E-state index in [4.69, 9.17) is 10.5 Å². The van der Waals surface area contributed by atoms with Crippen LogP contribution >= 0.6 is 0 Å². The second-order valence-corrected chi connectivity index (χ2v) is 4.32. The largest absolute Gasteiger partial charge is 0.383 e. The highest BCUT2D eigenvalue weighted by atomic mass is 16.5. The van der Waals surface area contributed by atoms with Crippen LogP contribution in [0.4, 0.5) is 0 Å². The monoisotopic (exact) mass is 275 g/mol. The molecule has 1 rings (SSSR count). The molecule has 1 atom stereocenters. The van der Waals surface area contributed by atoms with Crippen molar-refractivity contribution in [2.24, 2.45) is 5.73 Å². The summed E-state index contributed by atoms with van der Waals surface area (Å²) in [6, 6.07) is 3.49. The lowest BCUT2D eigenvalue weighted by molar-refractivity contribution is 0.0886. The number of hydrogen-bond acceptors (Lipinski definition) is 4. The molecule has 0 aliphatic rings. The first-order valence-corrected chi connectivity index (χ1v) is 6.66. The third kappa shape index (κ3) is 5.00. The van der Waals surface area contributed by atoms with E-state index < -0.39 is 0 Å². The molecule has 20 heavy (non-hydrogen) atoms. The van der Waals surface area contributed by atoms with Gasteiger partial charge in [-0.3, -0.25) is 4.79 Å². The first kappa shape index (κ1) is 16.2. The van der Waals surface area contributed by atoms with Gasteiger partial charge in [-0.25, -0.2) is 4.98 Å². The molecule has 1 heterocycles. The fourth-order valence-corrected chi connectivity index (χ4v) is 1.83. The molecule has 3 N–H and O–H groups in total. The third-order valence-electron chi connectivity index (χ3n) is 2.69. The summed E-state index contributed by atoms with van der Waals surface area (Å²) in [6.45, 7) is 2.79. The van der Waals surface area contributed by atoms with Gasteiger partial charge in [-0.2, -0.15) is 0 Å². The van der Waals surface area contributed by atoms with Crippen molar-refractivity contribution in [3.05, 3.63) is 29.6 Å². The minimum Gasteiger partial charge on any atom is -0.383 e. The number of nitrogens with zero attached hydrogens (tertiary/aromatic N) is 1. The summed E-state index contributed by atoms with van der Waals surface area (Å²) in [5, 5.41) is 2.93. The van der Waals surface area contributed by atoms with Crippen LogP contribution in [0.15, 0.2) is 18.3 Å². The highest BCUT2D eigenvalue weighted by molar-refractivity contribution is 5.94. The van der Waals surface area contributed by atoms with Crippen molar-refractivity contribution in [3.63, 3.8) is 0 Å². The second kappa shape index (κ2) is 9.08. The molecule has 108 valence electrons. The first-order valence-electron chi connectivity index (χ1n) is 6.66. The maximum atomic E-state index is 12.3. The van der Waals surface area contributed by atoms with Crippen LogP contribution < -0.4 is 11.1 Å². The van der Waals surface area contributed by atoms with Gasteiger partial charge in [-0.15, -0.1) is 0 Å². The molecule has 0 bridgehead atoms. The zero-order valence-electron chi connectivity index (χ0n) is 12.0. The number of carbonyl (C=O) groups excluding carboxylic acids is 1. The fourth-order valence-electron chi connectivity index (χ4n) is 1.83. The third-order valence-corrected chi connectivity index (χ3v) is 2.69. The molecule has 5 heteroatoms. The van der Waals surface area contributed by atoms with E-state index in [2.05, 4.69) is 29.1 Å². The van der Waals surface area contributed by atoms with Crippen molar-refractivity contribution in [1.29, 1.82) is 0 Å². The number of carbonyl (C=O) groups is 1. The van der Waals surface area contributed by atoms with Crippen LogP contribution in [-0.2, 0) is 4.74 Å². The maximum absolute atomic E-state index is 12.3. The van der Waals surface area contributed by atoms with Crippen molar-refractivity contribution in [3.8, 4) is 11.8 Å². The Morgan fingerprint density at radius 1 is 1.60 bits per heavy atom. The summed E-state index contributed by atoms with van der Waals surface area (Å²) in [5.41, 5.74) is 6.26. The zero-order valence-corrected chi connectivity index (χ0v) is 12.0. The molecule has 0 fully saturated rings. The van der Waals surface area contributed by atoms with Crippen LogP contribution in [-0.4, -0.2) is 37.2 Å². The number of methoxy groups -OCH3 is 1. The van der Waals surface area contributed by atoms with E-state index in [0.29, 0.717) is 17.9 Å². The van der Waals surface area contributed by atoms with Gasteiger partial charge in [0.1, 0.15) is 5.69 Å². The van der Waals surface area contributed by atoms with Crippen molar-refractivity contribution in [2.75, 3.05) is 20.3 Å². The SMILES string of the molecule is CCCC(COC)NC(=O)c1ncccc1C#CCN. The maximum Gasteiger partial charge on any atom is 0.271 e. The predicted molar refractivity (Wildman–Crippen MR) is 78.2 cm³/mol. The molecule has 0 aliphatic heterocycles. The number of nitrogens with two attached hydrogens (primary N) is 1. The van der Waals surface area contributed by atoms with E-state index >= 15 is 0 Å². The number of rotatable bonds is 6. The van der Waals surface area contributed by atoms with Gasteiger partial charge in [-0.1, -0.05) is 25.2 Å². The van der Waals surface area contributed by atoms with E-state index in [1.807, 2.05) is 0 Å². The number of nitrogens with one attached hydrogen (secondary N) is 1. The highest BCUT2D eigenvalue weighted by Crippen LogP contribution is 2.05. The van der Waals surface area contributed by atoms with Crippen molar-refractivity contribution in [1.82, 2.24) is 10.3 Å². The summed E-state index contributed by atoms with van der Waals surface area (Å²) < 4.78 is 5.11. The molecule has 1 aromatic heterocycles. The first-order chi connectivity index (χ1) is 9.72. The van der Waals surface area contributed by atoms with E-state index in [0.717, 1.165) is 12.8 Å². The Hall–Kier alpha value is -1.90. The van der Waals surface area contributed by atoms with Crippen LogP contribution in [0.3, 0.4) is 0 Å². The van der Waals surface area contributed by atoms with Crippen molar-refractivity contribution < 1.29 is 9.53 Å². The van der Waals surface area contributed by atoms with Gasteiger partial charge in [0.2, 0.25) is 0 Å². The van der Waals surface area contributed by atoms with E-state index in [1.165, 1.54) is 0 Å². The lowest BCUT2D eigenvalue weighted by Crippen LogP contribution is -2.38. The van der Waals surface area contributed by atoms with E-state index in [9.17, 15) is 4.79 Å². The summed E-state index contributed by atoms with van der Waals surface area (Å²) in [5.74, 6) is 5.36. The summed E-state index contributed by atoms with van der Waals surface area (Å²) in [6.07, 6.45) is 3.40. The molecule has 1 amide bonds. The smallest absolute Gasteiger partial charge is 0.271 e. The van der Waals surface area contributed by atoms with E-state index in [-0.39, 0.29) is 18.5 Å². The molecule has 0 spiro atoms. The Kier molecular flexibility index (Phi) is 7.33. The lowest BCUT2D eigenvalue weighted by atomic mass is 10.1. The summed E-state index contributed by atoms with van der Waals surface area (Å²) in [7, 11) is 1.62. The van der Waals surface area contributed by atoms with Gasteiger partial charge in [0.25, 0.3) is 5.91 Å². The van der Waals surface area contributed by atoms with Crippen LogP contribution in [0.5, 0.6) is 0 Å². The average molecular weight is 275 g/mol. The second-order valence-electron chi connectivity index (χ2n) is 4.32. The number of hydrogen-bond donors (Lipinski definition) is 2. The number of amides is 1. The minimum absolute atomic E-state index is 0.0187. The molecule has 5 nitrogen and oxygen atoms in total. The molecular formula is C15H21N3O2. The normalized spacial score (nSPS) is 11.3. The molecule has 0 radical (unpaired) electrons. The Labute approximate surface area is 119 Å². The van der Waals surface area contributed by atoms with Crippen molar-refractivity contribution in [2.45, 2.75) is 25.8 Å². The molecule has 1 aromatic rings. The Balaban J connectivity index is 2.85. The predicted octanol–water partition coefficient (Wildman–Crippen LogP) is 0.937. The zero-order chi connectivity index (χ0) is 14.8. The van der Waals surface area contributed by atoms with Gasteiger partial charge >= 0.3 is 0 Å². The van der Waals surface area contributed by atoms with Gasteiger partial charge in [0.05, 0.1) is 24.8 Å². The molecule has 0 aliphatic carbocycles. The molecule has 1 unspecified atom stereocenters. The number of pyridine rings is 1. The Bertz CT molecular complexity index is 485. The average Bonchev–Trinajstić information content (AvgIpc) is 2.46. The lowest BCUT2D eigenvalue weighted by Gasteiger charge is -2.17. The number of aromatic nitrogens is 1. The summed E-state index contributed by atoms with van der Waals surface area (Å²) in [4.78, 5) is 16.4.